The molecule has 1 aliphatic heterocycles. The number of piperazine rings is 1. The molecule has 7 nitrogen and oxygen atoms in total. The number of carbonyl (C=O) groups is 1. The Balaban J connectivity index is 1.47. The van der Waals surface area contributed by atoms with Gasteiger partial charge in [-0.1, -0.05) is 0 Å². The Hall–Kier alpha value is -3.27. The fourth-order valence-corrected chi connectivity index (χ4v) is 2.88. The molecule has 0 bridgehead atoms. The summed E-state index contributed by atoms with van der Waals surface area (Å²) >= 11 is 0. The number of hydrogen-bond acceptors (Lipinski definition) is 6. The predicted molar refractivity (Wildman–Crippen MR) is 101 cm³/mol. The molecule has 2 aromatic rings. The summed E-state index contributed by atoms with van der Waals surface area (Å²) < 4.78 is 11.0. The summed E-state index contributed by atoms with van der Waals surface area (Å²) in [5, 5.41) is 9.00. The highest BCUT2D eigenvalue weighted by atomic mass is 16.5. The molecular formula is C20H22N4O3. The lowest BCUT2D eigenvalue weighted by molar-refractivity contribution is -0.133. The van der Waals surface area contributed by atoms with Crippen molar-refractivity contribution in [2.75, 3.05) is 44.3 Å². The van der Waals surface area contributed by atoms with Crippen molar-refractivity contribution in [3.05, 3.63) is 48.2 Å². The summed E-state index contributed by atoms with van der Waals surface area (Å²) in [7, 11) is 0. The van der Waals surface area contributed by atoms with Gasteiger partial charge in [0.05, 0.1) is 18.2 Å². The summed E-state index contributed by atoms with van der Waals surface area (Å²) in [6.07, 6.45) is 1.63. The van der Waals surface area contributed by atoms with Gasteiger partial charge in [-0.3, -0.25) is 4.79 Å². The van der Waals surface area contributed by atoms with Crippen molar-refractivity contribution in [2.24, 2.45) is 0 Å². The van der Waals surface area contributed by atoms with Crippen molar-refractivity contribution < 1.29 is 14.3 Å². The van der Waals surface area contributed by atoms with Crippen LogP contribution in [0.5, 0.6) is 11.5 Å². The Morgan fingerprint density at radius 3 is 2.41 bits per heavy atom. The van der Waals surface area contributed by atoms with E-state index in [9.17, 15) is 4.79 Å². The Labute approximate surface area is 158 Å². The van der Waals surface area contributed by atoms with Crippen molar-refractivity contribution in [3.63, 3.8) is 0 Å². The molecule has 2 heterocycles. The van der Waals surface area contributed by atoms with E-state index in [1.54, 1.807) is 35.4 Å². The van der Waals surface area contributed by atoms with E-state index >= 15 is 0 Å². The van der Waals surface area contributed by atoms with E-state index in [0.717, 1.165) is 11.6 Å². The Morgan fingerprint density at radius 1 is 1.11 bits per heavy atom. The first-order valence-electron chi connectivity index (χ1n) is 8.94. The van der Waals surface area contributed by atoms with Gasteiger partial charge in [0.25, 0.3) is 5.91 Å². The first-order chi connectivity index (χ1) is 13.2. The molecule has 27 heavy (non-hydrogen) atoms. The molecule has 1 saturated heterocycles. The van der Waals surface area contributed by atoms with Crippen molar-refractivity contribution in [1.82, 2.24) is 9.88 Å². The van der Waals surface area contributed by atoms with Crippen LogP contribution in [0.4, 0.5) is 5.82 Å². The fraction of sp³-hybridized carbons (Fsp3) is 0.350. The van der Waals surface area contributed by atoms with E-state index < -0.39 is 0 Å². The number of nitriles is 1. The second-order valence-electron chi connectivity index (χ2n) is 6.08. The first-order valence-corrected chi connectivity index (χ1v) is 8.94. The Kier molecular flexibility index (Phi) is 6.10. The van der Waals surface area contributed by atoms with Gasteiger partial charge in [0.2, 0.25) is 0 Å². The number of ether oxygens (including phenoxy) is 2. The molecular weight excluding hydrogens is 344 g/mol. The molecule has 1 amide bonds. The quantitative estimate of drug-likeness (QED) is 0.779. The maximum atomic E-state index is 12.4. The third-order valence-electron chi connectivity index (χ3n) is 4.33. The SMILES string of the molecule is CCOc1ccc(OCC(=O)N2CCN(c3cc(C#N)ccn3)CC2)cc1. The van der Waals surface area contributed by atoms with E-state index in [2.05, 4.69) is 16.0 Å². The number of anilines is 1. The number of nitrogens with zero attached hydrogens (tertiary/aromatic N) is 4. The average Bonchev–Trinajstić information content (AvgIpc) is 2.73. The molecule has 140 valence electrons. The molecule has 0 saturated carbocycles. The van der Waals surface area contributed by atoms with Crippen LogP contribution in [-0.4, -0.2) is 55.2 Å². The van der Waals surface area contributed by atoms with Gasteiger partial charge in [-0.15, -0.1) is 0 Å². The largest absolute Gasteiger partial charge is 0.494 e. The lowest BCUT2D eigenvalue weighted by Gasteiger charge is -2.35. The normalized spacial score (nSPS) is 13.8. The Bertz CT molecular complexity index is 809. The molecule has 0 aliphatic carbocycles. The van der Waals surface area contributed by atoms with Gasteiger partial charge in [-0.2, -0.15) is 5.26 Å². The number of carbonyl (C=O) groups excluding carboxylic acids is 1. The van der Waals surface area contributed by atoms with E-state index in [0.29, 0.717) is 44.1 Å². The Morgan fingerprint density at radius 2 is 1.78 bits per heavy atom. The molecule has 0 radical (unpaired) electrons. The van der Waals surface area contributed by atoms with Gasteiger partial charge < -0.3 is 19.3 Å². The van der Waals surface area contributed by atoms with Gasteiger partial charge in [-0.25, -0.2) is 4.98 Å². The number of rotatable bonds is 6. The van der Waals surface area contributed by atoms with Gasteiger partial charge in [-0.05, 0) is 43.3 Å². The maximum absolute atomic E-state index is 12.4. The second-order valence-corrected chi connectivity index (χ2v) is 6.08. The van der Waals surface area contributed by atoms with E-state index in [-0.39, 0.29) is 12.5 Å². The summed E-state index contributed by atoms with van der Waals surface area (Å²) in [6.45, 7) is 5.11. The molecule has 3 rings (SSSR count). The van der Waals surface area contributed by atoms with Gasteiger partial charge in [0.15, 0.2) is 6.61 Å². The lowest BCUT2D eigenvalue weighted by Crippen LogP contribution is -2.50. The van der Waals surface area contributed by atoms with Crippen molar-refractivity contribution in [3.8, 4) is 17.6 Å². The number of amides is 1. The number of aromatic nitrogens is 1. The maximum Gasteiger partial charge on any atom is 0.260 e. The number of hydrogen-bond donors (Lipinski definition) is 0. The van der Waals surface area contributed by atoms with Crippen LogP contribution in [0, 0.1) is 11.3 Å². The zero-order chi connectivity index (χ0) is 19.1. The molecule has 0 spiro atoms. The molecule has 0 unspecified atom stereocenters. The molecule has 0 atom stereocenters. The highest BCUT2D eigenvalue weighted by Gasteiger charge is 2.22. The summed E-state index contributed by atoms with van der Waals surface area (Å²) in [6, 6.07) is 12.8. The minimum atomic E-state index is -0.0396. The molecule has 1 aromatic carbocycles. The highest BCUT2D eigenvalue weighted by Crippen LogP contribution is 2.18. The van der Waals surface area contributed by atoms with Crippen LogP contribution in [0.3, 0.4) is 0 Å². The van der Waals surface area contributed by atoms with Crippen LogP contribution < -0.4 is 14.4 Å². The molecule has 0 N–H and O–H groups in total. The van der Waals surface area contributed by atoms with Crippen LogP contribution in [0.2, 0.25) is 0 Å². The lowest BCUT2D eigenvalue weighted by atomic mass is 10.2. The van der Waals surface area contributed by atoms with Gasteiger partial charge in [0.1, 0.15) is 17.3 Å². The van der Waals surface area contributed by atoms with Crippen LogP contribution in [-0.2, 0) is 4.79 Å². The van der Waals surface area contributed by atoms with Crippen LogP contribution >= 0.6 is 0 Å². The summed E-state index contributed by atoms with van der Waals surface area (Å²) in [5.74, 6) is 2.15. The third kappa shape index (κ3) is 4.88. The van der Waals surface area contributed by atoms with E-state index in [1.165, 1.54) is 0 Å². The monoisotopic (exact) mass is 366 g/mol. The first kappa shape index (κ1) is 18.5. The zero-order valence-corrected chi connectivity index (χ0v) is 15.3. The fourth-order valence-electron chi connectivity index (χ4n) is 2.88. The number of benzene rings is 1. The van der Waals surface area contributed by atoms with Crippen LogP contribution in [0.1, 0.15) is 12.5 Å². The molecule has 1 fully saturated rings. The zero-order valence-electron chi connectivity index (χ0n) is 15.3. The van der Waals surface area contributed by atoms with Crippen molar-refractivity contribution in [2.45, 2.75) is 6.92 Å². The van der Waals surface area contributed by atoms with Crippen LogP contribution in [0.25, 0.3) is 0 Å². The molecule has 7 heteroatoms. The smallest absolute Gasteiger partial charge is 0.260 e. The molecule has 1 aliphatic rings. The second kappa shape index (κ2) is 8.90. The number of pyridine rings is 1. The van der Waals surface area contributed by atoms with Crippen LogP contribution in [0.15, 0.2) is 42.6 Å². The predicted octanol–water partition coefficient (Wildman–Crippen LogP) is 2.08. The third-order valence-corrected chi connectivity index (χ3v) is 4.33. The standard InChI is InChI=1S/C20H22N4O3/c1-2-26-17-3-5-18(6-4-17)27-15-20(25)24-11-9-23(10-12-24)19-13-16(14-21)7-8-22-19/h3-8,13H,2,9-12,15H2,1H3. The highest BCUT2D eigenvalue weighted by molar-refractivity contribution is 5.78. The van der Waals surface area contributed by atoms with Gasteiger partial charge in [0, 0.05) is 32.4 Å². The minimum Gasteiger partial charge on any atom is -0.494 e. The van der Waals surface area contributed by atoms with Crippen molar-refractivity contribution >= 4 is 11.7 Å². The van der Waals surface area contributed by atoms with Crippen molar-refractivity contribution in [1.29, 1.82) is 5.26 Å². The summed E-state index contributed by atoms with van der Waals surface area (Å²) in [5.41, 5.74) is 0.585. The van der Waals surface area contributed by atoms with E-state index in [4.69, 9.17) is 14.7 Å². The average molecular weight is 366 g/mol. The summed E-state index contributed by atoms with van der Waals surface area (Å²) in [4.78, 5) is 20.6. The van der Waals surface area contributed by atoms with Gasteiger partial charge >= 0.3 is 0 Å². The molecule has 1 aromatic heterocycles. The minimum absolute atomic E-state index is 0.0101. The topological polar surface area (TPSA) is 78.7 Å². The van der Waals surface area contributed by atoms with E-state index in [1.807, 2.05) is 19.1 Å².